The molecule has 0 bridgehead atoms. The monoisotopic (exact) mass is 380 g/mol. The zero-order chi connectivity index (χ0) is 18.2. The number of hydrazone groups is 1. The molecule has 1 aromatic carbocycles. The number of hydrogen-bond donors (Lipinski definition) is 1. The third kappa shape index (κ3) is 3.00. The maximum Gasteiger partial charge on any atom is 0.267 e. The number of amides is 1. The minimum Gasteiger partial charge on any atom is -0.337 e. The highest BCUT2D eigenvalue weighted by atomic mass is 32.1. The van der Waals surface area contributed by atoms with Gasteiger partial charge in [-0.2, -0.15) is 10.1 Å². The Morgan fingerprint density at radius 1 is 1.22 bits per heavy atom. The number of nitrogens with zero attached hydrogens (tertiary/aromatic N) is 5. The molecule has 136 valence electrons. The van der Waals surface area contributed by atoms with Crippen LogP contribution in [0.4, 0.5) is 0 Å². The summed E-state index contributed by atoms with van der Waals surface area (Å²) in [7, 11) is 0. The predicted molar refractivity (Wildman–Crippen MR) is 99.2 cm³/mol. The quantitative estimate of drug-likeness (QED) is 0.748. The van der Waals surface area contributed by atoms with Gasteiger partial charge in [-0.3, -0.25) is 9.80 Å². The predicted octanol–water partition coefficient (Wildman–Crippen LogP) is 2.40. The molecule has 1 fully saturated rings. The molecule has 0 saturated carbocycles. The van der Waals surface area contributed by atoms with Gasteiger partial charge in [0, 0.05) is 16.9 Å². The van der Waals surface area contributed by atoms with Crippen LogP contribution in [0.3, 0.4) is 0 Å². The Bertz CT molecular complexity index is 971. The Morgan fingerprint density at radius 2 is 2.11 bits per heavy atom. The van der Waals surface area contributed by atoms with Gasteiger partial charge in [0.2, 0.25) is 11.7 Å². The van der Waals surface area contributed by atoms with Crippen LogP contribution in [0.1, 0.15) is 23.2 Å². The lowest BCUT2D eigenvalue weighted by Gasteiger charge is -2.29. The molecule has 0 spiro atoms. The number of nitrogens with one attached hydrogen (secondary N) is 1. The number of fused-ring (bicyclic) bond motifs is 1. The van der Waals surface area contributed by atoms with E-state index in [9.17, 15) is 4.79 Å². The third-order valence-corrected chi connectivity index (χ3v) is 5.61. The largest absolute Gasteiger partial charge is 0.337 e. The average Bonchev–Trinajstić information content (AvgIpc) is 3.45. The van der Waals surface area contributed by atoms with E-state index in [1.54, 1.807) is 22.7 Å². The van der Waals surface area contributed by atoms with Gasteiger partial charge < -0.3 is 4.52 Å². The molecule has 4 heterocycles. The molecule has 1 amide bonds. The second kappa shape index (κ2) is 6.60. The van der Waals surface area contributed by atoms with E-state index in [-0.39, 0.29) is 24.5 Å². The van der Waals surface area contributed by atoms with E-state index in [2.05, 4.69) is 26.7 Å². The first-order valence-electron chi connectivity index (χ1n) is 8.59. The van der Waals surface area contributed by atoms with Gasteiger partial charge in [0.15, 0.2) is 0 Å². The fourth-order valence-corrected chi connectivity index (χ4v) is 4.06. The minimum atomic E-state index is -0.286. The summed E-state index contributed by atoms with van der Waals surface area (Å²) in [5.41, 5.74) is 4.20. The van der Waals surface area contributed by atoms with Gasteiger partial charge in [-0.15, -0.1) is 11.3 Å². The van der Waals surface area contributed by atoms with Crippen LogP contribution in [-0.4, -0.2) is 38.4 Å². The van der Waals surface area contributed by atoms with Crippen molar-refractivity contribution in [2.45, 2.75) is 25.0 Å². The van der Waals surface area contributed by atoms with E-state index < -0.39 is 0 Å². The maximum absolute atomic E-state index is 12.8. The minimum absolute atomic E-state index is 0.0801. The van der Waals surface area contributed by atoms with E-state index in [1.807, 2.05) is 41.8 Å². The zero-order valence-corrected chi connectivity index (χ0v) is 15.0. The molecule has 9 heteroatoms. The lowest BCUT2D eigenvalue weighted by Crippen LogP contribution is -2.50. The maximum atomic E-state index is 12.8. The van der Waals surface area contributed by atoms with E-state index in [0.717, 1.165) is 5.56 Å². The number of hydrazine groups is 1. The van der Waals surface area contributed by atoms with Gasteiger partial charge in [0.25, 0.3) is 5.91 Å². The number of hydrogen-bond acceptors (Lipinski definition) is 8. The summed E-state index contributed by atoms with van der Waals surface area (Å²) in [4.78, 5) is 18.4. The number of rotatable bonds is 4. The van der Waals surface area contributed by atoms with Crippen molar-refractivity contribution in [3.05, 3.63) is 58.6 Å². The van der Waals surface area contributed by atoms with Gasteiger partial charge in [-0.25, -0.2) is 10.4 Å². The molecular weight excluding hydrogens is 364 g/mol. The molecule has 2 aliphatic rings. The van der Waals surface area contributed by atoms with E-state index in [1.165, 1.54) is 9.89 Å². The first-order valence-corrected chi connectivity index (χ1v) is 9.47. The lowest BCUT2D eigenvalue weighted by molar-refractivity contribution is -0.137. The normalized spacial score (nSPS) is 21.7. The van der Waals surface area contributed by atoms with Crippen LogP contribution in [0.5, 0.6) is 0 Å². The Balaban J connectivity index is 1.30. The van der Waals surface area contributed by atoms with Crippen molar-refractivity contribution in [1.82, 2.24) is 25.6 Å². The topological polar surface area (TPSA) is 86.9 Å². The van der Waals surface area contributed by atoms with Crippen molar-refractivity contribution >= 4 is 23.6 Å². The van der Waals surface area contributed by atoms with Crippen molar-refractivity contribution in [2.75, 3.05) is 0 Å². The molecule has 0 aliphatic carbocycles. The number of carbonyl (C=O) groups is 1. The number of thiophene rings is 1. The lowest BCUT2D eigenvalue weighted by atomic mass is 10.1. The second-order valence-electron chi connectivity index (χ2n) is 6.36. The molecule has 2 aliphatic heterocycles. The van der Waals surface area contributed by atoms with Crippen LogP contribution in [-0.2, 0) is 11.3 Å². The first-order chi connectivity index (χ1) is 13.3. The summed E-state index contributed by atoms with van der Waals surface area (Å²) in [6.45, 7) is 0.156. The van der Waals surface area contributed by atoms with Crippen molar-refractivity contribution in [3.8, 4) is 11.4 Å². The highest BCUT2D eigenvalue weighted by Gasteiger charge is 2.41. The van der Waals surface area contributed by atoms with Gasteiger partial charge in [-0.05, 0) is 11.4 Å². The molecule has 2 unspecified atom stereocenters. The summed E-state index contributed by atoms with van der Waals surface area (Å²) in [5.74, 6) is 0.776. The van der Waals surface area contributed by atoms with E-state index in [4.69, 9.17) is 4.52 Å². The summed E-state index contributed by atoms with van der Waals surface area (Å²) < 4.78 is 5.31. The molecule has 3 aromatic rings. The Labute approximate surface area is 159 Å². The average molecular weight is 380 g/mol. The van der Waals surface area contributed by atoms with Crippen LogP contribution >= 0.6 is 11.3 Å². The molecule has 5 rings (SSSR count). The second-order valence-corrected chi connectivity index (χ2v) is 7.34. The summed E-state index contributed by atoms with van der Waals surface area (Å²) in [6.07, 6.45) is 2.34. The van der Waals surface area contributed by atoms with Gasteiger partial charge in [-0.1, -0.05) is 41.6 Å². The molecule has 8 nitrogen and oxygen atoms in total. The van der Waals surface area contributed by atoms with Gasteiger partial charge >= 0.3 is 0 Å². The van der Waals surface area contributed by atoms with Crippen LogP contribution in [0.2, 0.25) is 0 Å². The van der Waals surface area contributed by atoms with Crippen molar-refractivity contribution in [2.24, 2.45) is 5.10 Å². The fraction of sp³-hybridized carbons (Fsp3) is 0.222. The number of benzene rings is 1. The Hall–Kier alpha value is -3.04. The Morgan fingerprint density at radius 3 is 2.93 bits per heavy atom. The molecule has 0 radical (unpaired) electrons. The smallest absolute Gasteiger partial charge is 0.267 e. The van der Waals surface area contributed by atoms with Crippen molar-refractivity contribution in [3.63, 3.8) is 0 Å². The third-order valence-electron chi connectivity index (χ3n) is 4.63. The SMILES string of the molecule is O=C1C2CC(c3cccs3)NN2C=NN1Cc1nc(-c2ccccc2)no1. The summed E-state index contributed by atoms with van der Waals surface area (Å²) >= 11 is 1.68. The highest BCUT2D eigenvalue weighted by molar-refractivity contribution is 7.10. The number of carbonyl (C=O) groups excluding carboxylic acids is 1. The summed E-state index contributed by atoms with van der Waals surface area (Å²) in [6, 6.07) is 13.5. The van der Waals surface area contributed by atoms with E-state index >= 15 is 0 Å². The molecule has 2 atom stereocenters. The van der Waals surface area contributed by atoms with Crippen molar-refractivity contribution in [1.29, 1.82) is 0 Å². The van der Waals surface area contributed by atoms with Crippen LogP contribution < -0.4 is 5.43 Å². The van der Waals surface area contributed by atoms with Gasteiger partial charge in [0.05, 0.1) is 6.04 Å². The standard InChI is InChI=1S/C18H16N6O2S/c25-18-14-9-13(15-7-4-8-27-15)21-24(14)11-19-23(18)10-16-20-17(22-26-16)12-5-2-1-3-6-12/h1-8,11,13-14,21H,9-10H2. The van der Waals surface area contributed by atoms with Crippen LogP contribution in [0.25, 0.3) is 11.4 Å². The molecule has 1 N–H and O–H groups in total. The number of aromatic nitrogens is 2. The van der Waals surface area contributed by atoms with Crippen molar-refractivity contribution < 1.29 is 9.32 Å². The molecule has 2 aromatic heterocycles. The first kappa shape index (κ1) is 16.2. The van der Waals surface area contributed by atoms with Crippen LogP contribution in [0, 0.1) is 0 Å². The van der Waals surface area contributed by atoms with Crippen LogP contribution in [0.15, 0.2) is 57.5 Å². The zero-order valence-electron chi connectivity index (χ0n) is 14.2. The molecule has 1 saturated heterocycles. The Kier molecular flexibility index (Phi) is 3.95. The van der Waals surface area contributed by atoms with Gasteiger partial charge in [0.1, 0.15) is 18.9 Å². The fourth-order valence-electron chi connectivity index (χ4n) is 3.28. The molecular formula is C18H16N6O2S. The molecule has 27 heavy (non-hydrogen) atoms. The van der Waals surface area contributed by atoms with E-state index in [0.29, 0.717) is 18.1 Å². The highest BCUT2D eigenvalue weighted by Crippen LogP contribution is 2.32. The summed E-state index contributed by atoms with van der Waals surface area (Å²) in [5, 5.41) is 13.4.